The molecule has 2 heterocycles. The summed E-state index contributed by atoms with van der Waals surface area (Å²) in [5.74, 6) is 0.612. The third kappa shape index (κ3) is 3.97. The van der Waals surface area contributed by atoms with Gasteiger partial charge in [0, 0.05) is 12.6 Å². The third-order valence-electron chi connectivity index (χ3n) is 3.08. The smallest absolute Gasteiger partial charge is 0.224 e. The molecule has 1 unspecified atom stereocenters. The second kappa shape index (κ2) is 6.55. The number of aromatic nitrogens is 2. The fraction of sp³-hybridized carbons (Fsp3) is 0.667. The highest BCUT2D eigenvalue weighted by atomic mass is 35.5. The van der Waals surface area contributed by atoms with Gasteiger partial charge in [-0.25, -0.2) is 4.98 Å². The molecular weight excluding hydrogens is 271 g/mol. The lowest BCUT2D eigenvalue weighted by molar-refractivity contribution is 0.223. The lowest BCUT2D eigenvalue weighted by Crippen LogP contribution is -2.38. The zero-order valence-electron chi connectivity index (χ0n) is 10.5. The molecule has 1 aromatic heterocycles. The van der Waals surface area contributed by atoms with Gasteiger partial charge in [0.25, 0.3) is 0 Å². The summed E-state index contributed by atoms with van der Waals surface area (Å²) < 4.78 is 0. The Balaban J connectivity index is 1.89. The van der Waals surface area contributed by atoms with Gasteiger partial charge in [-0.2, -0.15) is 4.98 Å². The van der Waals surface area contributed by atoms with E-state index in [1.165, 1.54) is 38.5 Å². The SMILES string of the molecule is CC(CN1CCCCC1)Nc1nc(Cl)ncc1Cl. The van der Waals surface area contributed by atoms with Crippen LogP contribution in [-0.4, -0.2) is 40.5 Å². The van der Waals surface area contributed by atoms with E-state index in [-0.39, 0.29) is 11.3 Å². The Morgan fingerprint density at radius 3 is 2.78 bits per heavy atom. The Labute approximate surface area is 118 Å². The fourth-order valence-corrected chi connectivity index (χ4v) is 2.53. The summed E-state index contributed by atoms with van der Waals surface area (Å²) >= 11 is 11.8. The van der Waals surface area contributed by atoms with E-state index in [0.29, 0.717) is 10.8 Å². The Bertz CT molecular complexity index is 394. The molecule has 2 rings (SSSR count). The van der Waals surface area contributed by atoms with Crippen LogP contribution in [0.15, 0.2) is 6.20 Å². The highest BCUT2D eigenvalue weighted by molar-refractivity contribution is 6.33. The first-order valence-electron chi connectivity index (χ1n) is 6.32. The molecule has 0 bridgehead atoms. The molecule has 1 N–H and O–H groups in total. The van der Waals surface area contributed by atoms with Gasteiger partial charge in [0.1, 0.15) is 10.8 Å². The number of hydrogen-bond acceptors (Lipinski definition) is 4. The van der Waals surface area contributed by atoms with Crippen molar-refractivity contribution in [1.82, 2.24) is 14.9 Å². The molecule has 0 saturated carbocycles. The number of piperidine rings is 1. The Morgan fingerprint density at radius 2 is 2.06 bits per heavy atom. The van der Waals surface area contributed by atoms with Gasteiger partial charge in [0.2, 0.25) is 5.28 Å². The molecule has 1 atom stereocenters. The van der Waals surface area contributed by atoms with E-state index in [9.17, 15) is 0 Å². The lowest BCUT2D eigenvalue weighted by Gasteiger charge is -2.29. The molecule has 0 radical (unpaired) electrons. The molecule has 0 aromatic carbocycles. The van der Waals surface area contributed by atoms with Crippen molar-refractivity contribution >= 4 is 29.0 Å². The zero-order valence-corrected chi connectivity index (χ0v) is 12.0. The summed E-state index contributed by atoms with van der Waals surface area (Å²) in [6.45, 7) is 5.49. The number of anilines is 1. The van der Waals surface area contributed by atoms with E-state index in [0.717, 1.165) is 6.54 Å². The van der Waals surface area contributed by atoms with E-state index in [1.54, 1.807) is 0 Å². The minimum Gasteiger partial charge on any atom is -0.365 e. The Kier molecular flexibility index (Phi) is 5.03. The number of rotatable bonds is 4. The van der Waals surface area contributed by atoms with Crippen LogP contribution in [0, 0.1) is 0 Å². The second-order valence-electron chi connectivity index (χ2n) is 4.74. The van der Waals surface area contributed by atoms with E-state index < -0.39 is 0 Å². The van der Waals surface area contributed by atoms with Gasteiger partial charge in [-0.1, -0.05) is 18.0 Å². The van der Waals surface area contributed by atoms with E-state index in [2.05, 4.69) is 27.1 Å². The quantitative estimate of drug-likeness (QED) is 0.865. The average Bonchev–Trinajstić information content (AvgIpc) is 2.35. The van der Waals surface area contributed by atoms with Crippen LogP contribution >= 0.6 is 23.2 Å². The van der Waals surface area contributed by atoms with Crippen LogP contribution in [0.3, 0.4) is 0 Å². The van der Waals surface area contributed by atoms with Crippen molar-refractivity contribution in [2.24, 2.45) is 0 Å². The van der Waals surface area contributed by atoms with Crippen LogP contribution in [0.4, 0.5) is 5.82 Å². The molecule has 0 aliphatic carbocycles. The van der Waals surface area contributed by atoms with Crippen molar-refractivity contribution in [3.8, 4) is 0 Å². The number of halogens is 2. The van der Waals surface area contributed by atoms with Gasteiger partial charge in [-0.05, 0) is 44.5 Å². The monoisotopic (exact) mass is 288 g/mol. The standard InChI is InChI=1S/C12H18Cl2N4/c1-9(8-18-5-3-2-4-6-18)16-11-10(13)7-15-12(14)17-11/h7,9H,2-6,8H2,1H3,(H,15,16,17). The van der Waals surface area contributed by atoms with Crippen molar-refractivity contribution in [2.45, 2.75) is 32.2 Å². The summed E-state index contributed by atoms with van der Waals surface area (Å²) in [6.07, 6.45) is 5.47. The van der Waals surface area contributed by atoms with Crippen LogP contribution in [0.1, 0.15) is 26.2 Å². The zero-order chi connectivity index (χ0) is 13.0. The van der Waals surface area contributed by atoms with Crippen LogP contribution in [0.25, 0.3) is 0 Å². The van der Waals surface area contributed by atoms with Gasteiger partial charge >= 0.3 is 0 Å². The largest absolute Gasteiger partial charge is 0.365 e. The van der Waals surface area contributed by atoms with Gasteiger partial charge in [0.05, 0.1) is 6.20 Å². The molecule has 0 amide bonds. The van der Waals surface area contributed by atoms with Crippen molar-refractivity contribution in [3.05, 3.63) is 16.5 Å². The van der Waals surface area contributed by atoms with Gasteiger partial charge in [-0.15, -0.1) is 0 Å². The van der Waals surface area contributed by atoms with Gasteiger partial charge in [-0.3, -0.25) is 0 Å². The molecule has 1 saturated heterocycles. The topological polar surface area (TPSA) is 41.0 Å². The lowest BCUT2D eigenvalue weighted by atomic mass is 10.1. The highest BCUT2D eigenvalue weighted by Gasteiger charge is 2.14. The molecule has 0 spiro atoms. The molecule has 4 nitrogen and oxygen atoms in total. The summed E-state index contributed by atoms with van der Waals surface area (Å²) in [6, 6.07) is 0.284. The van der Waals surface area contributed by atoms with Crippen LogP contribution in [-0.2, 0) is 0 Å². The average molecular weight is 289 g/mol. The normalized spacial score (nSPS) is 18.6. The molecule has 1 fully saturated rings. The predicted molar refractivity (Wildman–Crippen MR) is 75.4 cm³/mol. The van der Waals surface area contributed by atoms with Crippen LogP contribution in [0.2, 0.25) is 10.3 Å². The van der Waals surface area contributed by atoms with Crippen molar-refractivity contribution in [3.63, 3.8) is 0 Å². The van der Waals surface area contributed by atoms with Crippen LogP contribution in [0.5, 0.6) is 0 Å². The van der Waals surface area contributed by atoms with Gasteiger partial charge < -0.3 is 10.2 Å². The fourth-order valence-electron chi connectivity index (χ4n) is 2.26. The third-order valence-corrected chi connectivity index (χ3v) is 3.54. The molecular formula is C12H18Cl2N4. The van der Waals surface area contributed by atoms with E-state index >= 15 is 0 Å². The molecule has 1 aliphatic heterocycles. The molecule has 6 heteroatoms. The first-order chi connectivity index (χ1) is 8.65. The molecule has 18 heavy (non-hydrogen) atoms. The Hall–Kier alpha value is -0.580. The number of nitrogens with one attached hydrogen (secondary N) is 1. The highest BCUT2D eigenvalue weighted by Crippen LogP contribution is 2.20. The van der Waals surface area contributed by atoms with E-state index in [1.807, 2.05) is 0 Å². The summed E-state index contributed by atoms with van der Waals surface area (Å²) in [4.78, 5) is 10.4. The van der Waals surface area contributed by atoms with Crippen molar-refractivity contribution in [1.29, 1.82) is 0 Å². The maximum absolute atomic E-state index is 6.02. The number of nitrogens with zero attached hydrogens (tertiary/aromatic N) is 3. The first-order valence-corrected chi connectivity index (χ1v) is 7.07. The van der Waals surface area contributed by atoms with E-state index in [4.69, 9.17) is 23.2 Å². The van der Waals surface area contributed by atoms with Crippen molar-refractivity contribution < 1.29 is 0 Å². The van der Waals surface area contributed by atoms with Crippen molar-refractivity contribution in [2.75, 3.05) is 25.0 Å². The Morgan fingerprint density at radius 1 is 1.33 bits per heavy atom. The molecule has 100 valence electrons. The first kappa shape index (κ1) is 13.8. The second-order valence-corrected chi connectivity index (χ2v) is 5.49. The van der Waals surface area contributed by atoms with Gasteiger partial charge in [0.15, 0.2) is 0 Å². The minimum atomic E-state index is 0.215. The number of hydrogen-bond donors (Lipinski definition) is 1. The van der Waals surface area contributed by atoms with Crippen LogP contribution < -0.4 is 5.32 Å². The summed E-state index contributed by atoms with van der Waals surface area (Å²) in [5.41, 5.74) is 0. The summed E-state index contributed by atoms with van der Waals surface area (Å²) in [5, 5.41) is 4.01. The predicted octanol–water partition coefficient (Wildman–Crippen LogP) is 3.07. The molecule has 1 aliphatic rings. The number of likely N-dealkylation sites (tertiary alicyclic amines) is 1. The maximum atomic E-state index is 6.02. The minimum absolute atomic E-state index is 0.215. The summed E-state index contributed by atoms with van der Waals surface area (Å²) in [7, 11) is 0. The molecule has 1 aromatic rings. The maximum Gasteiger partial charge on any atom is 0.224 e.